The van der Waals surface area contributed by atoms with E-state index < -0.39 is 16.8 Å². The number of esters is 1. The summed E-state index contributed by atoms with van der Waals surface area (Å²) in [5.74, 6) is -0.696. The predicted octanol–water partition coefficient (Wildman–Crippen LogP) is 4.51. The van der Waals surface area contributed by atoms with Crippen LogP contribution in [0.2, 0.25) is 0 Å². The van der Waals surface area contributed by atoms with Crippen LogP contribution in [0.15, 0.2) is 60.7 Å². The topological polar surface area (TPSA) is 89.8 Å². The molecule has 3 aromatic rings. The summed E-state index contributed by atoms with van der Waals surface area (Å²) in [5.41, 5.74) is 1.02. The largest absolute Gasteiger partial charge is 0.426 e. The fraction of sp³-hybridized carbons (Fsp3) is 0.250. The van der Waals surface area contributed by atoms with E-state index in [1.54, 1.807) is 11.8 Å². The highest BCUT2D eigenvalue weighted by atomic mass is 16.6. The lowest BCUT2D eigenvalue weighted by Gasteiger charge is -2.32. The standard InChI is InChI=1S/C24H22N2O5/c1-16-14-19(11-12-22(16)26(29)30)31-24(28)18-8-5-13-25(15-18)23(27)21-10-4-7-17-6-2-3-9-20(17)21/h2-4,6-7,9-12,14,18H,5,8,13,15H2,1H3. The molecule has 0 aromatic heterocycles. The summed E-state index contributed by atoms with van der Waals surface area (Å²) in [7, 11) is 0. The predicted molar refractivity (Wildman–Crippen MR) is 116 cm³/mol. The van der Waals surface area contributed by atoms with Gasteiger partial charge in [-0.05, 0) is 48.7 Å². The number of fused-ring (bicyclic) bond motifs is 1. The number of benzene rings is 3. The maximum absolute atomic E-state index is 13.2. The van der Waals surface area contributed by atoms with Crippen molar-refractivity contribution in [3.63, 3.8) is 0 Å². The summed E-state index contributed by atoms with van der Waals surface area (Å²) in [6, 6.07) is 17.6. The van der Waals surface area contributed by atoms with Crippen molar-refractivity contribution in [3.05, 3.63) is 81.9 Å². The molecule has 1 atom stereocenters. The van der Waals surface area contributed by atoms with Crippen molar-refractivity contribution in [2.24, 2.45) is 5.92 Å². The molecule has 158 valence electrons. The highest BCUT2D eigenvalue weighted by Crippen LogP contribution is 2.27. The molecule has 3 aromatic carbocycles. The van der Waals surface area contributed by atoms with E-state index >= 15 is 0 Å². The quantitative estimate of drug-likeness (QED) is 0.269. The molecular formula is C24H22N2O5. The lowest BCUT2D eigenvalue weighted by molar-refractivity contribution is -0.385. The summed E-state index contributed by atoms with van der Waals surface area (Å²) in [4.78, 5) is 38.1. The SMILES string of the molecule is Cc1cc(OC(=O)C2CCCN(C(=O)c3cccc4ccccc34)C2)ccc1[N+](=O)[O-]. The summed E-state index contributed by atoms with van der Waals surface area (Å²) < 4.78 is 5.47. The number of aryl methyl sites for hydroxylation is 1. The number of rotatable bonds is 4. The molecule has 0 bridgehead atoms. The lowest BCUT2D eigenvalue weighted by atomic mass is 9.96. The Morgan fingerprint density at radius 3 is 2.65 bits per heavy atom. The molecule has 0 N–H and O–H groups in total. The van der Waals surface area contributed by atoms with Crippen molar-refractivity contribution >= 4 is 28.3 Å². The van der Waals surface area contributed by atoms with Gasteiger partial charge in [-0.25, -0.2) is 0 Å². The van der Waals surface area contributed by atoms with E-state index in [2.05, 4.69) is 0 Å². The number of nitro groups is 1. The van der Waals surface area contributed by atoms with Crippen molar-refractivity contribution in [1.29, 1.82) is 0 Å². The highest BCUT2D eigenvalue weighted by molar-refractivity contribution is 6.07. The molecule has 1 aliphatic heterocycles. The van der Waals surface area contributed by atoms with Crippen molar-refractivity contribution in [2.45, 2.75) is 19.8 Å². The molecule has 1 unspecified atom stereocenters. The zero-order valence-corrected chi connectivity index (χ0v) is 17.1. The molecule has 1 amide bonds. The van der Waals surface area contributed by atoms with Gasteiger partial charge in [0, 0.05) is 30.3 Å². The van der Waals surface area contributed by atoms with E-state index in [4.69, 9.17) is 4.74 Å². The molecule has 4 rings (SSSR count). The van der Waals surface area contributed by atoms with Crippen molar-refractivity contribution in [1.82, 2.24) is 4.90 Å². The summed E-state index contributed by atoms with van der Waals surface area (Å²) in [5, 5.41) is 12.8. The van der Waals surface area contributed by atoms with E-state index in [9.17, 15) is 19.7 Å². The Morgan fingerprint density at radius 2 is 1.87 bits per heavy atom. The normalized spacial score (nSPS) is 16.2. The highest BCUT2D eigenvalue weighted by Gasteiger charge is 2.31. The van der Waals surface area contributed by atoms with Crippen LogP contribution in [-0.4, -0.2) is 34.8 Å². The van der Waals surface area contributed by atoms with Crippen LogP contribution in [0.1, 0.15) is 28.8 Å². The molecule has 31 heavy (non-hydrogen) atoms. The maximum atomic E-state index is 13.2. The van der Waals surface area contributed by atoms with E-state index in [-0.39, 0.29) is 23.9 Å². The molecule has 1 saturated heterocycles. The number of amides is 1. The second-order valence-corrected chi connectivity index (χ2v) is 7.74. The number of nitro benzene ring substituents is 1. The van der Waals surface area contributed by atoms with Gasteiger partial charge in [0.15, 0.2) is 0 Å². The third-order valence-corrected chi connectivity index (χ3v) is 5.65. The third-order valence-electron chi connectivity index (χ3n) is 5.65. The Kier molecular flexibility index (Phi) is 5.66. The van der Waals surface area contributed by atoms with Gasteiger partial charge in [0.05, 0.1) is 10.8 Å². The molecule has 1 heterocycles. The zero-order chi connectivity index (χ0) is 22.0. The average Bonchev–Trinajstić information content (AvgIpc) is 2.78. The first kappa shape index (κ1) is 20.5. The van der Waals surface area contributed by atoms with E-state index in [1.165, 1.54) is 18.2 Å². The maximum Gasteiger partial charge on any atom is 0.316 e. The first-order chi connectivity index (χ1) is 14.9. The Labute approximate surface area is 179 Å². The van der Waals surface area contributed by atoms with Crippen LogP contribution in [0, 0.1) is 23.0 Å². The monoisotopic (exact) mass is 418 g/mol. The van der Waals surface area contributed by atoms with Gasteiger partial charge in [0.25, 0.3) is 11.6 Å². The number of piperidine rings is 1. The minimum atomic E-state index is -0.473. The average molecular weight is 418 g/mol. The summed E-state index contributed by atoms with van der Waals surface area (Å²) >= 11 is 0. The van der Waals surface area contributed by atoms with Crippen LogP contribution in [-0.2, 0) is 4.79 Å². The molecule has 0 radical (unpaired) electrons. The Morgan fingerprint density at radius 1 is 1.10 bits per heavy atom. The van der Waals surface area contributed by atoms with Crippen molar-refractivity contribution in [2.75, 3.05) is 13.1 Å². The number of carbonyl (C=O) groups is 2. The fourth-order valence-electron chi connectivity index (χ4n) is 4.03. The molecule has 1 aliphatic rings. The van der Waals surface area contributed by atoms with Gasteiger partial charge in [-0.15, -0.1) is 0 Å². The minimum Gasteiger partial charge on any atom is -0.426 e. The summed E-state index contributed by atoms with van der Waals surface area (Å²) in [6.45, 7) is 2.47. The number of hydrogen-bond donors (Lipinski definition) is 0. The second-order valence-electron chi connectivity index (χ2n) is 7.74. The van der Waals surface area contributed by atoms with Crippen molar-refractivity contribution < 1.29 is 19.2 Å². The van der Waals surface area contributed by atoms with Crippen molar-refractivity contribution in [3.8, 4) is 5.75 Å². The number of likely N-dealkylation sites (tertiary alicyclic amines) is 1. The Hall–Kier alpha value is -3.74. The van der Waals surface area contributed by atoms with Crippen LogP contribution in [0.25, 0.3) is 10.8 Å². The zero-order valence-electron chi connectivity index (χ0n) is 17.1. The van der Waals surface area contributed by atoms with Crippen LogP contribution < -0.4 is 4.74 Å². The number of hydrogen-bond acceptors (Lipinski definition) is 5. The van der Waals surface area contributed by atoms with Gasteiger partial charge >= 0.3 is 5.97 Å². The van der Waals surface area contributed by atoms with Gasteiger partial charge in [-0.1, -0.05) is 36.4 Å². The first-order valence-electron chi connectivity index (χ1n) is 10.2. The van der Waals surface area contributed by atoms with E-state index in [0.717, 1.165) is 10.8 Å². The smallest absolute Gasteiger partial charge is 0.316 e. The molecule has 0 aliphatic carbocycles. The molecule has 7 nitrogen and oxygen atoms in total. The van der Waals surface area contributed by atoms with Gasteiger partial charge in [0.1, 0.15) is 5.75 Å². The second kappa shape index (κ2) is 8.55. The minimum absolute atomic E-state index is 0.0238. The third kappa shape index (κ3) is 4.26. The van der Waals surface area contributed by atoms with Gasteiger partial charge < -0.3 is 9.64 Å². The van der Waals surface area contributed by atoms with Gasteiger partial charge in [-0.3, -0.25) is 19.7 Å². The molecular weight excluding hydrogens is 396 g/mol. The molecule has 1 fully saturated rings. The van der Waals surface area contributed by atoms with Gasteiger partial charge in [0.2, 0.25) is 0 Å². The molecule has 0 spiro atoms. The fourth-order valence-corrected chi connectivity index (χ4v) is 4.03. The van der Waals surface area contributed by atoms with Crippen LogP contribution in [0.5, 0.6) is 5.75 Å². The van der Waals surface area contributed by atoms with Crippen LogP contribution >= 0.6 is 0 Å². The lowest BCUT2D eigenvalue weighted by Crippen LogP contribution is -2.43. The Balaban J connectivity index is 1.48. The summed E-state index contributed by atoms with van der Waals surface area (Å²) in [6.07, 6.45) is 1.33. The number of ether oxygens (including phenoxy) is 1. The number of carbonyl (C=O) groups excluding carboxylic acids is 2. The first-order valence-corrected chi connectivity index (χ1v) is 10.2. The van der Waals surface area contributed by atoms with Crippen LogP contribution in [0.3, 0.4) is 0 Å². The van der Waals surface area contributed by atoms with E-state index in [0.29, 0.717) is 30.5 Å². The van der Waals surface area contributed by atoms with Gasteiger partial charge in [-0.2, -0.15) is 0 Å². The molecule has 0 saturated carbocycles. The number of nitrogens with zero attached hydrogens (tertiary/aromatic N) is 2. The Bertz CT molecular complexity index is 1170. The van der Waals surface area contributed by atoms with E-state index in [1.807, 2.05) is 42.5 Å². The molecule has 7 heteroatoms. The van der Waals surface area contributed by atoms with Crippen LogP contribution in [0.4, 0.5) is 5.69 Å².